The van der Waals surface area contributed by atoms with E-state index in [1.165, 1.54) is 20.4 Å². The summed E-state index contributed by atoms with van der Waals surface area (Å²) in [7, 11) is 2.96. The van der Waals surface area contributed by atoms with Gasteiger partial charge in [-0.1, -0.05) is 6.07 Å². The molecule has 3 aromatic rings. The molecule has 0 fully saturated rings. The molecule has 0 aliphatic rings. The topological polar surface area (TPSA) is 81.8 Å². The lowest BCUT2D eigenvalue weighted by Gasteiger charge is -2.12. The molecule has 7 nitrogen and oxygen atoms in total. The van der Waals surface area contributed by atoms with Crippen molar-refractivity contribution in [2.75, 3.05) is 14.2 Å². The monoisotopic (exact) mass is 286 g/mol. The molecule has 1 N–H and O–H groups in total. The van der Waals surface area contributed by atoms with Crippen molar-refractivity contribution in [1.29, 1.82) is 0 Å². The number of aromatic nitrogens is 4. The average Bonchev–Trinajstić information content (AvgIpc) is 2.97. The van der Waals surface area contributed by atoms with Gasteiger partial charge in [0.15, 0.2) is 0 Å². The van der Waals surface area contributed by atoms with Crippen LogP contribution in [0.4, 0.5) is 0 Å². The molecule has 0 aliphatic carbocycles. The number of hydrogen-bond donors (Lipinski definition) is 1. The van der Waals surface area contributed by atoms with Crippen LogP contribution < -0.4 is 9.47 Å². The Labute approximate surface area is 120 Å². The number of nitrogens with zero attached hydrogens (tertiary/aromatic N) is 4. The molecule has 0 aromatic carbocycles. The van der Waals surface area contributed by atoms with Crippen molar-refractivity contribution in [1.82, 2.24) is 19.6 Å². The number of fused-ring (bicyclic) bond motifs is 1. The van der Waals surface area contributed by atoms with Crippen LogP contribution in [0.15, 0.2) is 36.8 Å². The molecule has 0 radical (unpaired) electrons. The molecular formula is C14H14N4O3. The van der Waals surface area contributed by atoms with Crippen LogP contribution in [0.5, 0.6) is 11.8 Å². The van der Waals surface area contributed by atoms with Crippen LogP contribution >= 0.6 is 0 Å². The molecule has 0 aliphatic heterocycles. The maximum Gasteiger partial charge on any atom is 0.241 e. The molecule has 0 spiro atoms. The number of rotatable bonds is 4. The number of hydrogen-bond acceptors (Lipinski definition) is 6. The number of methoxy groups -OCH3 is 2. The Morgan fingerprint density at radius 3 is 2.81 bits per heavy atom. The van der Waals surface area contributed by atoms with E-state index in [9.17, 15) is 5.11 Å². The summed E-state index contributed by atoms with van der Waals surface area (Å²) in [4.78, 5) is 8.31. The molecular weight excluding hydrogens is 272 g/mol. The van der Waals surface area contributed by atoms with Crippen molar-refractivity contribution >= 4 is 5.52 Å². The van der Waals surface area contributed by atoms with E-state index in [-0.39, 0.29) is 5.88 Å². The number of aliphatic hydroxyl groups excluding tert-OH is 1. The van der Waals surface area contributed by atoms with E-state index in [0.717, 1.165) is 5.52 Å². The summed E-state index contributed by atoms with van der Waals surface area (Å²) in [6.07, 6.45) is 3.86. The lowest BCUT2D eigenvalue weighted by atomic mass is 10.1. The molecule has 108 valence electrons. The van der Waals surface area contributed by atoms with Gasteiger partial charge in [-0.15, -0.1) is 0 Å². The Hall–Kier alpha value is -2.67. The number of aliphatic hydroxyl groups is 1. The van der Waals surface area contributed by atoms with Gasteiger partial charge in [0, 0.05) is 11.8 Å². The molecule has 0 saturated heterocycles. The molecule has 0 saturated carbocycles. The second-order valence-corrected chi connectivity index (χ2v) is 4.34. The predicted octanol–water partition coefficient (Wildman–Crippen LogP) is 1.22. The van der Waals surface area contributed by atoms with Gasteiger partial charge < -0.3 is 14.6 Å². The van der Waals surface area contributed by atoms with E-state index >= 15 is 0 Å². The Bertz CT molecular complexity index is 772. The standard InChI is InChI=1S/C14H14N4O3/c1-20-11-8-15-12(14(17-11)21-2)13(19)9-7-16-18-6-4-3-5-10(9)18/h3-8,13,19H,1-2H3. The van der Waals surface area contributed by atoms with Gasteiger partial charge in [0.05, 0.1) is 32.1 Å². The second-order valence-electron chi connectivity index (χ2n) is 4.34. The molecule has 7 heteroatoms. The third kappa shape index (κ3) is 2.27. The van der Waals surface area contributed by atoms with Crippen molar-refractivity contribution in [3.63, 3.8) is 0 Å². The molecule has 3 heterocycles. The van der Waals surface area contributed by atoms with Crippen LogP contribution in [0.25, 0.3) is 5.52 Å². The second kappa shape index (κ2) is 5.37. The van der Waals surface area contributed by atoms with Gasteiger partial charge in [-0.05, 0) is 12.1 Å². The van der Waals surface area contributed by atoms with Gasteiger partial charge in [0.1, 0.15) is 11.8 Å². The molecule has 1 atom stereocenters. The lowest BCUT2D eigenvalue weighted by Crippen LogP contribution is -2.07. The minimum Gasteiger partial charge on any atom is -0.480 e. The normalized spacial score (nSPS) is 12.3. The Balaban J connectivity index is 2.07. The molecule has 0 amide bonds. The van der Waals surface area contributed by atoms with Crippen molar-refractivity contribution in [3.8, 4) is 11.8 Å². The largest absolute Gasteiger partial charge is 0.480 e. The summed E-state index contributed by atoms with van der Waals surface area (Å²) < 4.78 is 11.9. The first kappa shape index (κ1) is 13.3. The SMILES string of the molecule is COc1cnc(C(O)c2cnn3ccccc23)c(OC)n1. The highest BCUT2D eigenvalue weighted by Crippen LogP contribution is 2.30. The van der Waals surface area contributed by atoms with Crippen molar-refractivity contribution in [2.45, 2.75) is 6.10 Å². The van der Waals surface area contributed by atoms with Gasteiger partial charge in [-0.3, -0.25) is 0 Å². The van der Waals surface area contributed by atoms with Gasteiger partial charge in [0.2, 0.25) is 11.8 Å². The first-order valence-corrected chi connectivity index (χ1v) is 6.30. The number of pyridine rings is 1. The zero-order valence-corrected chi connectivity index (χ0v) is 11.6. The highest BCUT2D eigenvalue weighted by atomic mass is 16.5. The van der Waals surface area contributed by atoms with Gasteiger partial charge in [-0.25, -0.2) is 9.50 Å². The highest BCUT2D eigenvalue weighted by molar-refractivity contribution is 5.56. The third-order valence-corrected chi connectivity index (χ3v) is 3.16. The van der Waals surface area contributed by atoms with E-state index in [0.29, 0.717) is 17.1 Å². The maximum atomic E-state index is 10.6. The Kier molecular flexibility index (Phi) is 3.41. The van der Waals surface area contributed by atoms with Crippen LogP contribution in [0, 0.1) is 0 Å². The van der Waals surface area contributed by atoms with Crippen molar-refractivity contribution in [2.24, 2.45) is 0 Å². The van der Waals surface area contributed by atoms with E-state index in [2.05, 4.69) is 15.1 Å². The molecule has 3 rings (SSSR count). The Morgan fingerprint density at radius 1 is 1.19 bits per heavy atom. The van der Waals surface area contributed by atoms with Crippen LogP contribution in [0.3, 0.4) is 0 Å². The highest BCUT2D eigenvalue weighted by Gasteiger charge is 2.22. The molecule has 1 unspecified atom stereocenters. The van der Waals surface area contributed by atoms with Gasteiger partial charge >= 0.3 is 0 Å². The molecule has 0 bridgehead atoms. The number of ether oxygens (including phenoxy) is 2. The van der Waals surface area contributed by atoms with Crippen molar-refractivity contribution in [3.05, 3.63) is 48.0 Å². The zero-order chi connectivity index (χ0) is 14.8. The van der Waals surface area contributed by atoms with Crippen LogP contribution in [0.1, 0.15) is 17.4 Å². The summed E-state index contributed by atoms with van der Waals surface area (Å²) in [5.41, 5.74) is 1.75. The minimum atomic E-state index is -0.988. The lowest BCUT2D eigenvalue weighted by molar-refractivity contribution is 0.208. The summed E-state index contributed by atoms with van der Waals surface area (Å²) in [5.74, 6) is 0.541. The third-order valence-electron chi connectivity index (χ3n) is 3.16. The smallest absolute Gasteiger partial charge is 0.241 e. The summed E-state index contributed by atoms with van der Waals surface area (Å²) in [5, 5.41) is 14.8. The fraction of sp³-hybridized carbons (Fsp3) is 0.214. The zero-order valence-electron chi connectivity index (χ0n) is 11.6. The fourth-order valence-electron chi connectivity index (χ4n) is 2.11. The summed E-state index contributed by atoms with van der Waals surface area (Å²) >= 11 is 0. The quantitative estimate of drug-likeness (QED) is 0.776. The average molecular weight is 286 g/mol. The molecule has 21 heavy (non-hydrogen) atoms. The van der Waals surface area contributed by atoms with Crippen LogP contribution in [0.2, 0.25) is 0 Å². The van der Waals surface area contributed by atoms with Crippen molar-refractivity contribution < 1.29 is 14.6 Å². The van der Waals surface area contributed by atoms with Crippen LogP contribution in [-0.4, -0.2) is 38.9 Å². The summed E-state index contributed by atoms with van der Waals surface area (Å²) in [6, 6.07) is 5.61. The maximum absolute atomic E-state index is 10.6. The van der Waals surface area contributed by atoms with E-state index in [1.54, 1.807) is 10.7 Å². The first-order valence-electron chi connectivity index (χ1n) is 6.30. The van der Waals surface area contributed by atoms with Crippen LogP contribution in [-0.2, 0) is 0 Å². The Morgan fingerprint density at radius 2 is 2.05 bits per heavy atom. The fourth-order valence-corrected chi connectivity index (χ4v) is 2.11. The summed E-state index contributed by atoms with van der Waals surface area (Å²) in [6.45, 7) is 0. The first-order chi connectivity index (χ1) is 10.2. The van der Waals surface area contributed by atoms with Gasteiger partial charge in [-0.2, -0.15) is 10.1 Å². The minimum absolute atomic E-state index is 0.220. The predicted molar refractivity (Wildman–Crippen MR) is 74.4 cm³/mol. The molecule has 3 aromatic heterocycles. The van der Waals surface area contributed by atoms with E-state index in [4.69, 9.17) is 9.47 Å². The van der Waals surface area contributed by atoms with Gasteiger partial charge in [0.25, 0.3) is 0 Å². The van der Waals surface area contributed by atoms with E-state index in [1.807, 2.05) is 24.4 Å². The van der Waals surface area contributed by atoms with E-state index < -0.39 is 6.10 Å².